The first-order valence-corrected chi connectivity index (χ1v) is 14.3. The molecule has 0 aromatic heterocycles. The molecule has 8 nitrogen and oxygen atoms in total. The topological polar surface area (TPSA) is 92.6 Å². The van der Waals surface area contributed by atoms with Crippen molar-refractivity contribution < 1.29 is 23.7 Å². The lowest BCUT2D eigenvalue weighted by atomic mass is 10.1. The van der Waals surface area contributed by atoms with Gasteiger partial charge in [0.1, 0.15) is 5.84 Å². The first kappa shape index (κ1) is 37.5. The third-order valence-electron chi connectivity index (χ3n) is 5.32. The average molecular weight is 594 g/mol. The van der Waals surface area contributed by atoms with Gasteiger partial charge in [-0.3, -0.25) is 25.4 Å². The van der Waals surface area contributed by atoms with Crippen molar-refractivity contribution in [3.8, 4) is 0 Å². The van der Waals surface area contributed by atoms with E-state index in [0.717, 1.165) is 13.3 Å². The Labute approximate surface area is 240 Å². The molecule has 0 aromatic rings. The summed E-state index contributed by atoms with van der Waals surface area (Å²) in [7, 11) is 4.04. The van der Waals surface area contributed by atoms with Crippen molar-refractivity contribution in [1.82, 2.24) is 20.4 Å². The molecule has 1 rings (SSSR count). The van der Waals surface area contributed by atoms with Crippen LogP contribution in [0.3, 0.4) is 0 Å². The van der Waals surface area contributed by atoms with E-state index in [-0.39, 0.29) is 12.2 Å². The molecule has 12 heteroatoms. The fourth-order valence-corrected chi connectivity index (χ4v) is 3.66. The number of aliphatic hydroxyl groups is 2. The number of amidine groups is 1. The maximum Gasteiger partial charge on any atom is 0.270 e. The van der Waals surface area contributed by atoms with Crippen LogP contribution in [0.1, 0.15) is 40.5 Å². The molecule has 0 saturated heterocycles. The predicted octanol–water partition coefficient (Wildman–Crippen LogP) is 4.37. The molecule has 0 amide bonds. The van der Waals surface area contributed by atoms with E-state index in [9.17, 15) is 19.0 Å². The van der Waals surface area contributed by atoms with E-state index in [0.29, 0.717) is 50.1 Å². The molecule has 4 N–H and O–H groups in total. The second-order valence-electron chi connectivity index (χ2n) is 8.26. The van der Waals surface area contributed by atoms with Gasteiger partial charge in [-0.25, -0.2) is 8.78 Å². The first-order chi connectivity index (χ1) is 18.6. The van der Waals surface area contributed by atoms with Crippen LogP contribution in [0.15, 0.2) is 64.6 Å². The second-order valence-corrected chi connectivity index (χ2v) is 8.95. The van der Waals surface area contributed by atoms with Gasteiger partial charge in [-0.1, -0.05) is 50.0 Å². The zero-order valence-corrected chi connectivity index (χ0v) is 25.7. The van der Waals surface area contributed by atoms with Gasteiger partial charge in [0.25, 0.3) is 5.92 Å². The largest absolute Gasteiger partial charge is 0.361 e. The summed E-state index contributed by atoms with van der Waals surface area (Å²) < 4.78 is 32.8. The molecule has 0 aliphatic heterocycles. The molecule has 3 unspecified atom stereocenters. The highest BCUT2D eigenvalue weighted by molar-refractivity contribution is 7.20. The Balaban J connectivity index is 0.00000263. The zero-order valence-electron chi connectivity index (χ0n) is 23.8. The third-order valence-corrected chi connectivity index (χ3v) is 5.77. The van der Waals surface area contributed by atoms with Crippen LogP contribution >= 0.6 is 20.8 Å². The smallest absolute Gasteiger partial charge is 0.270 e. The molecular formula is C27H47ClF2N5O3P. The summed E-state index contributed by atoms with van der Waals surface area (Å²) in [5.41, 5.74) is 0.477. The third kappa shape index (κ3) is 15.8. The Morgan fingerprint density at radius 3 is 2.49 bits per heavy atom. The van der Waals surface area contributed by atoms with Gasteiger partial charge >= 0.3 is 0 Å². The standard InChI is InChI=1S/C24H41F2N5O3.C3H6ClP/c1-6-9-13-21(29-18-28-16-17-30(7-2)23(33)34-8-3)31(22(32)27-5)20-12-10-11-19(14-15-20)24(4,25)26;4-2-1-3-5/h9,11-15,22-23,27-28,32-33H,6-8,10,16-18H2,1-5H3;1,3H,2,5H2/b13-9+,29-21-;3-1+. The molecular weight excluding hydrogens is 547 g/mol. The van der Waals surface area contributed by atoms with Crippen LogP contribution in [0.25, 0.3) is 0 Å². The number of hydrogen-bond donors (Lipinski definition) is 4. The van der Waals surface area contributed by atoms with Crippen molar-refractivity contribution in [2.75, 3.05) is 45.8 Å². The van der Waals surface area contributed by atoms with E-state index in [1.54, 1.807) is 35.1 Å². The van der Waals surface area contributed by atoms with E-state index in [4.69, 9.17) is 16.3 Å². The number of alkyl halides is 3. The molecule has 0 spiro atoms. The van der Waals surface area contributed by atoms with Crippen LogP contribution in [0.5, 0.6) is 0 Å². The normalized spacial score (nSPS) is 16.2. The Hall–Kier alpha value is -1.49. The summed E-state index contributed by atoms with van der Waals surface area (Å²) >= 11 is 5.20. The number of aliphatic hydroxyl groups excluding tert-OH is 2. The molecule has 1 aliphatic carbocycles. The van der Waals surface area contributed by atoms with Crippen LogP contribution in [-0.4, -0.2) is 90.4 Å². The van der Waals surface area contributed by atoms with Crippen LogP contribution in [0.4, 0.5) is 8.78 Å². The van der Waals surface area contributed by atoms with Gasteiger partial charge in [-0.05, 0) is 39.0 Å². The summed E-state index contributed by atoms with van der Waals surface area (Å²) in [5, 5.41) is 26.6. The Kier molecular flexibility index (Phi) is 21.4. The van der Waals surface area contributed by atoms with E-state index in [2.05, 4.69) is 24.9 Å². The summed E-state index contributed by atoms with van der Waals surface area (Å²) in [6.45, 7) is 9.04. The van der Waals surface area contributed by atoms with Gasteiger partial charge in [0.2, 0.25) is 6.41 Å². The fourth-order valence-electron chi connectivity index (χ4n) is 3.25. The molecule has 0 aromatic carbocycles. The number of likely N-dealkylation sites (N-methyl/N-ethyl adjacent to an activating group) is 1. The lowest BCUT2D eigenvalue weighted by Crippen LogP contribution is -2.46. The van der Waals surface area contributed by atoms with Crippen molar-refractivity contribution in [2.45, 2.75) is 59.2 Å². The SMILES string of the molecule is CC/C=C/C(=N/CNCCN(CC)C(O)OCC)N(C1=CCC=C(C(C)(F)F)C=C1)C(O)NC.P/C=C/CCl. The molecule has 224 valence electrons. The highest BCUT2D eigenvalue weighted by atomic mass is 35.5. The van der Waals surface area contributed by atoms with E-state index >= 15 is 0 Å². The zero-order chi connectivity index (χ0) is 29.7. The second kappa shape index (κ2) is 22.2. The highest BCUT2D eigenvalue weighted by Gasteiger charge is 2.27. The fraction of sp³-hybridized carbons (Fsp3) is 0.593. The van der Waals surface area contributed by atoms with Crippen LogP contribution in [-0.2, 0) is 4.74 Å². The quantitative estimate of drug-likeness (QED) is 0.0527. The minimum absolute atomic E-state index is 0.0726. The first-order valence-electron chi connectivity index (χ1n) is 13.1. The summed E-state index contributed by atoms with van der Waals surface area (Å²) in [5.74, 6) is -0.0196. The Bertz CT molecular complexity index is 848. The lowest BCUT2D eigenvalue weighted by Gasteiger charge is -2.30. The predicted molar refractivity (Wildman–Crippen MR) is 162 cm³/mol. The minimum Gasteiger partial charge on any atom is -0.361 e. The molecule has 0 bridgehead atoms. The molecule has 39 heavy (non-hydrogen) atoms. The van der Waals surface area contributed by atoms with Crippen molar-refractivity contribution in [3.05, 3.63) is 59.6 Å². The van der Waals surface area contributed by atoms with E-state index in [1.165, 1.54) is 12.2 Å². The molecule has 1 aliphatic rings. The molecule has 3 atom stereocenters. The number of ether oxygens (including phenoxy) is 1. The van der Waals surface area contributed by atoms with Gasteiger partial charge in [0.05, 0.1) is 6.67 Å². The van der Waals surface area contributed by atoms with Crippen molar-refractivity contribution in [1.29, 1.82) is 0 Å². The molecule has 0 heterocycles. The van der Waals surface area contributed by atoms with Crippen LogP contribution in [0.2, 0.25) is 0 Å². The number of aliphatic imine (C=N–C) groups is 1. The summed E-state index contributed by atoms with van der Waals surface area (Å²) in [6.07, 6.45) is 10.7. The Morgan fingerprint density at radius 1 is 1.26 bits per heavy atom. The van der Waals surface area contributed by atoms with Gasteiger partial charge in [-0.15, -0.1) is 20.8 Å². The number of nitrogens with one attached hydrogen (secondary N) is 2. The summed E-state index contributed by atoms with van der Waals surface area (Å²) in [6, 6.07) is 0. The van der Waals surface area contributed by atoms with Crippen molar-refractivity contribution in [2.24, 2.45) is 4.99 Å². The van der Waals surface area contributed by atoms with Gasteiger partial charge in [0, 0.05) is 50.3 Å². The van der Waals surface area contributed by atoms with E-state index in [1.807, 2.05) is 38.7 Å². The van der Waals surface area contributed by atoms with Gasteiger partial charge in [0.15, 0.2) is 6.35 Å². The number of hydrogen-bond acceptors (Lipinski definition) is 7. The van der Waals surface area contributed by atoms with Crippen LogP contribution < -0.4 is 10.6 Å². The molecule has 0 radical (unpaired) electrons. The average Bonchev–Trinajstić information content (AvgIpc) is 3.16. The van der Waals surface area contributed by atoms with Crippen LogP contribution in [0, 0.1) is 0 Å². The van der Waals surface area contributed by atoms with Gasteiger partial charge in [-0.2, -0.15) is 0 Å². The monoisotopic (exact) mass is 593 g/mol. The van der Waals surface area contributed by atoms with Crippen molar-refractivity contribution in [3.63, 3.8) is 0 Å². The lowest BCUT2D eigenvalue weighted by molar-refractivity contribution is -0.188. The maximum absolute atomic E-state index is 13.8. The molecule has 0 saturated carbocycles. The van der Waals surface area contributed by atoms with Crippen molar-refractivity contribution >= 4 is 26.7 Å². The summed E-state index contributed by atoms with van der Waals surface area (Å²) in [4.78, 5) is 7.94. The Morgan fingerprint density at radius 2 is 1.97 bits per heavy atom. The number of nitrogens with zero attached hydrogens (tertiary/aromatic N) is 3. The number of halogens is 3. The maximum atomic E-state index is 13.8. The number of allylic oxidation sites excluding steroid dienone is 7. The van der Waals surface area contributed by atoms with E-state index < -0.39 is 18.7 Å². The highest BCUT2D eigenvalue weighted by Crippen LogP contribution is 2.28. The molecule has 0 fully saturated rings. The van der Waals surface area contributed by atoms with Gasteiger partial charge < -0.3 is 14.9 Å². The number of rotatable bonds is 16. The minimum atomic E-state index is -2.95.